The van der Waals surface area contributed by atoms with Crippen LogP contribution < -0.4 is 5.32 Å². The van der Waals surface area contributed by atoms with Gasteiger partial charge in [0.2, 0.25) is 5.95 Å². The number of benzene rings is 1. The Balaban J connectivity index is 1.95. The predicted octanol–water partition coefficient (Wildman–Crippen LogP) is 3.55. The second kappa shape index (κ2) is 5.17. The molecule has 1 heterocycles. The number of nitrogens with one attached hydrogen (secondary N) is 2. The maximum atomic E-state index is 13.0. The van der Waals surface area contributed by atoms with Crippen molar-refractivity contribution in [2.24, 2.45) is 5.92 Å². The molecule has 0 aliphatic heterocycles. The molecule has 2 N–H and O–H groups in total. The molecule has 0 spiro atoms. The lowest BCUT2D eigenvalue weighted by Crippen LogP contribution is -2.04. The minimum absolute atomic E-state index is 0.243. The zero-order valence-electron chi connectivity index (χ0n) is 10.3. The van der Waals surface area contributed by atoms with E-state index < -0.39 is 0 Å². The summed E-state index contributed by atoms with van der Waals surface area (Å²) in [7, 11) is 0. The number of H-pyrrole nitrogens is 1. The Bertz CT molecular complexity index is 490. The van der Waals surface area contributed by atoms with Gasteiger partial charge in [0.1, 0.15) is 5.82 Å². The monoisotopic (exact) mass is 235 g/mol. The average Bonchev–Trinajstić information content (AvgIpc) is 2.66. The largest absolute Gasteiger partial charge is 0.356 e. The van der Waals surface area contributed by atoms with Crippen LogP contribution >= 0.6 is 0 Å². The average molecular weight is 235 g/mol. The number of rotatable bonds is 5. The number of aromatic nitrogens is 2. The third kappa shape index (κ3) is 3.19. The van der Waals surface area contributed by atoms with Crippen molar-refractivity contribution in [2.75, 3.05) is 11.9 Å². The third-order valence-electron chi connectivity index (χ3n) is 2.69. The van der Waals surface area contributed by atoms with Gasteiger partial charge in [-0.15, -0.1) is 0 Å². The van der Waals surface area contributed by atoms with Crippen molar-refractivity contribution in [3.8, 4) is 0 Å². The van der Waals surface area contributed by atoms with Crippen molar-refractivity contribution in [1.29, 1.82) is 0 Å². The molecule has 0 amide bonds. The maximum Gasteiger partial charge on any atom is 0.201 e. The molecule has 3 nitrogen and oxygen atoms in total. The third-order valence-corrected chi connectivity index (χ3v) is 2.69. The summed E-state index contributed by atoms with van der Waals surface area (Å²) in [6.07, 6.45) is 2.31. The van der Waals surface area contributed by atoms with Gasteiger partial charge in [0.05, 0.1) is 11.0 Å². The van der Waals surface area contributed by atoms with E-state index >= 15 is 0 Å². The summed E-state index contributed by atoms with van der Waals surface area (Å²) in [4.78, 5) is 7.40. The highest BCUT2D eigenvalue weighted by Gasteiger charge is 2.03. The standard InChI is InChI=1S/C13H18FN3/c1-9(2)4-3-7-15-13-16-11-6-5-10(14)8-12(11)17-13/h5-6,8-9H,3-4,7H2,1-2H3,(H2,15,16,17). The molecule has 0 fully saturated rings. The Morgan fingerprint density at radius 1 is 1.41 bits per heavy atom. The first kappa shape index (κ1) is 11.9. The van der Waals surface area contributed by atoms with Gasteiger partial charge in [0.15, 0.2) is 0 Å². The Morgan fingerprint density at radius 3 is 3.00 bits per heavy atom. The Hall–Kier alpha value is -1.58. The fourth-order valence-corrected chi connectivity index (χ4v) is 1.78. The maximum absolute atomic E-state index is 13.0. The molecule has 1 aromatic carbocycles. The van der Waals surface area contributed by atoms with Crippen molar-refractivity contribution >= 4 is 17.0 Å². The molecule has 0 radical (unpaired) electrons. The zero-order chi connectivity index (χ0) is 12.3. The molecule has 1 aromatic heterocycles. The van der Waals surface area contributed by atoms with Crippen LogP contribution in [0.1, 0.15) is 26.7 Å². The van der Waals surface area contributed by atoms with Crippen LogP contribution in [0.2, 0.25) is 0 Å². The molecule has 2 aromatic rings. The van der Waals surface area contributed by atoms with Crippen molar-refractivity contribution in [3.05, 3.63) is 24.0 Å². The van der Waals surface area contributed by atoms with E-state index in [1.807, 2.05) is 0 Å². The lowest BCUT2D eigenvalue weighted by molar-refractivity contribution is 0.566. The van der Waals surface area contributed by atoms with Gasteiger partial charge in [-0.2, -0.15) is 0 Å². The molecule has 0 unspecified atom stereocenters. The highest BCUT2D eigenvalue weighted by Crippen LogP contribution is 2.15. The van der Waals surface area contributed by atoms with Crippen LogP contribution in [0, 0.1) is 11.7 Å². The summed E-state index contributed by atoms with van der Waals surface area (Å²) in [6, 6.07) is 4.56. The van der Waals surface area contributed by atoms with E-state index in [2.05, 4.69) is 29.1 Å². The van der Waals surface area contributed by atoms with Gasteiger partial charge in [0.25, 0.3) is 0 Å². The molecule has 0 aliphatic carbocycles. The first-order valence-electron chi connectivity index (χ1n) is 6.04. The van der Waals surface area contributed by atoms with E-state index in [-0.39, 0.29) is 5.82 Å². The summed E-state index contributed by atoms with van der Waals surface area (Å²) in [5.41, 5.74) is 1.52. The minimum Gasteiger partial charge on any atom is -0.356 e. The fourth-order valence-electron chi connectivity index (χ4n) is 1.78. The van der Waals surface area contributed by atoms with Crippen LogP contribution in [0.3, 0.4) is 0 Å². The summed E-state index contributed by atoms with van der Waals surface area (Å²) < 4.78 is 13.0. The van der Waals surface area contributed by atoms with Crippen molar-refractivity contribution in [1.82, 2.24) is 9.97 Å². The Kier molecular flexibility index (Phi) is 3.61. The lowest BCUT2D eigenvalue weighted by Gasteiger charge is -2.04. The van der Waals surface area contributed by atoms with E-state index in [1.54, 1.807) is 6.07 Å². The van der Waals surface area contributed by atoms with E-state index in [0.29, 0.717) is 5.95 Å². The molecule has 0 saturated carbocycles. The number of hydrogen-bond acceptors (Lipinski definition) is 2. The molecule has 0 atom stereocenters. The number of anilines is 1. The number of imidazole rings is 1. The smallest absolute Gasteiger partial charge is 0.201 e. The fraction of sp³-hybridized carbons (Fsp3) is 0.462. The van der Waals surface area contributed by atoms with Gasteiger partial charge in [-0.1, -0.05) is 13.8 Å². The van der Waals surface area contributed by atoms with Crippen molar-refractivity contribution in [3.63, 3.8) is 0 Å². The molecule has 4 heteroatoms. The number of nitrogens with zero attached hydrogens (tertiary/aromatic N) is 1. The molecular weight excluding hydrogens is 217 g/mol. The van der Waals surface area contributed by atoms with Crippen LogP contribution in [-0.2, 0) is 0 Å². The second-order valence-corrected chi connectivity index (χ2v) is 4.71. The first-order chi connectivity index (χ1) is 8.15. The van der Waals surface area contributed by atoms with E-state index in [4.69, 9.17) is 0 Å². The molecule has 0 aliphatic rings. The summed E-state index contributed by atoms with van der Waals surface area (Å²) in [5, 5.41) is 3.22. The van der Waals surface area contributed by atoms with Crippen molar-refractivity contribution < 1.29 is 4.39 Å². The van der Waals surface area contributed by atoms with Crippen LogP contribution in [0.25, 0.3) is 11.0 Å². The quantitative estimate of drug-likeness (QED) is 0.778. The molecule has 2 rings (SSSR count). The van der Waals surface area contributed by atoms with Gasteiger partial charge in [-0.05, 0) is 37.0 Å². The van der Waals surface area contributed by atoms with E-state index in [1.165, 1.54) is 18.6 Å². The Morgan fingerprint density at radius 2 is 2.24 bits per heavy atom. The summed E-state index contributed by atoms with van der Waals surface area (Å²) in [5.74, 6) is 1.20. The zero-order valence-corrected chi connectivity index (χ0v) is 10.3. The lowest BCUT2D eigenvalue weighted by atomic mass is 10.1. The van der Waals surface area contributed by atoms with Gasteiger partial charge in [-0.25, -0.2) is 9.37 Å². The highest BCUT2D eigenvalue weighted by molar-refractivity contribution is 5.77. The highest BCUT2D eigenvalue weighted by atomic mass is 19.1. The van der Waals surface area contributed by atoms with Gasteiger partial charge >= 0.3 is 0 Å². The van der Waals surface area contributed by atoms with Gasteiger partial charge in [0, 0.05) is 6.54 Å². The van der Waals surface area contributed by atoms with E-state index in [0.717, 1.165) is 29.9 Å². The molecule has 92 valence electrons. The first-order valence-corrected chi connectivity index (χ1v) is 6.04. The summed E-state index contributed by atoms with van der Waals surface area (Å²) in [6.45, 7) is 5.31. The van der Waals surface area contributed by atoms with Gasteiger partial charge < -0.3 is 10.3 Å². The van der Waals surface area contributed by atoms with Crippen LogP contribution in [0.4, 0.5) is 10.3 Å². The van der Waals surface area contributed by atoms with Crippen LogP contribution in [0.15, 0.2) is 18.2 Å². The number of halogens is 1. The predicted molar refractivity (Wildman–Crippen MR) is 68.6 cm³/mol. The van der Waals surface area contributed by atoms with Crippen LogP contribution in [0.5, 0.6) is 0 Å². The molecule has 0 bridgehead atoms. The molecular formula is C13H18FN3. The SMILES string of the molecule is CC(C)CCCNc1nc2ccc(F)cc2[nH]1. The van der Waals surface area contributed by atoms with Crippen LogP contribution in [-0.4, -0.2) is 16.5 Å². The number of fused-ring (bicyclic) bond motifs is 1. The second-order valence-electron chi connectivity index (χ2n) is 4.71. The number of aromatic amines is 1. The van der Waals surface area contributed by atoms with E-state index in [9.17, 15) is 4.39 Å². The number of hydrogen-bond donors (Lipinski definition) is 2. The molecule has 17 heavy (non-hydrogen) atoms. The minimum atomic E-state index is -0.243. The molecule has 0 saturated heterocycles. The summed E-state index contributed by atoms with van der Waals surface area (Å²) >= 11 is 0. The Labute approximate surface area is 100 Å². The van der Waals surface area contributed by atoms with Crippen molar-refractivity contribution in [2.45, 2.75) is 26.7 Å². The normalized spacial score (nSPS) is 11.3. The van der Waals surface area contributed by atoms with Gasteiger partial charge in [-0.3, -0.25) is 0 Å². The topological polar surface area (TPSA) is 40.7 Å².